The molecule has 7 heteroatoms. The Morgan fingerprint density at radius 3 is 2.69 bits per heavy atom. The summed E-state index contributed by atoms with van der Waals surface area (Å²) >= 11 is 0. The van der Waals surface area contributed by atoms with Gasteiger partial charge in [0.1, 0.15) is 10.9 Å². The summed E-state index contributed by atoms with van der Waals surface area (Å²) in [5.74, 6) is -0.322. The number of benzene rings is 1. The van der Waals surface area contributed by atoms with Gasteiger partial charge in [0.15, 0.2) is 0 Å². The third-order valence-corrected chi connectivity index (χ3v) is 4.82. The molecule has 4 rings (SSSR count). The summed E-state index contributed by atoms with van der Waals surface area (Å²) in [6.07, 6.45) is 2.33. The molecule has 0 aliphatic carbocycles. The van der Waals surface area contributed by atoms with Gasteiger partial charge in [0.2, 0.25) is 11.5 Å². The van der Waals surface area contributed by atoms with Gasteiger partial charge in [-0.1, -0.05) is 41.4 Å². The first-order valence-electron chi connectivity index (χ1n) is 9.44. The highest BCUT2D eigenvalue weighted by Gasteiger charge is 2.25. The van der Waals surface area contributed by atoms with Crippen molar-refractivity contribution in [2.45, 2.75) is 19.9 Å². The molecular weight excluding hydrogens is 368 g/mol. The van der Waals surface area contributed by atoms with E-state index in [0.717, 1.165) is 5.56 Å². The van der Waals surface area contributed by atoms with Gasteiger partial charge in [0.25, 0.3) is 11.2 Å². The molecule has 3 heterocycles. The van der Waals surface area contributed by atoms with Gasteiger partial charge in [-0.05, 0) is 30.7 Å². The molecule has 0 bridgehead atoms. The van der Waals surface area contributed by atoms with Gasteiger partial charge < -0.3 is 10.5 Å². The minimum absolute atomic E-state index is 0.169. The van der Waals surface area contributed by atoms with Crippen molar-refractivity contribution in [1.82, 2.24) is 9.38 Å². The van der Waals surface area contributed by atoms with E-state index < -0.39 is 5.97 Å². The van der Waals surface area contributed by atoms with Crippen LogP contribution in [0.3, 0.4) is 0 Å². The average Bonchev–Trinajstić information content (AvgIpc) is 2.74. The Kier molecular flexibility index (Phi) is 4.95. The lowest BCUT2D eigenvalue weighted by atomic mass is 10.1. The van der Waals surface area contributed by atoms with Crippen molar-refractivity contribution in [3.8, 4) is 0 Å². The fourth-order valence-electron chi connectivity index (χ4n) is 3.39. The number of fused-ring (bicyclic) bond motifs is 2. The monoisotopic (exact) mass is 389 g/mol. The molecule has 0 aliphatic rings. The smallest absolute Gasteiger partial charge is 0.344 e. The van der Waals surface area contributed by atoms with Crippen molar-refractivity contribution >= 4 is 28.5 Å². The number of hydrogen-bond acceptors (Lipinski definition) is 5. The predicted molar refractivity (Wildman–Crippen MR) is 110 cm³/mol. The van der Waals surface area contributed by atoms with E-state index in [1.807, 2.05) is 36.4 Å². The second-order valence-electron chi connectivity index (χ2n) is 6.63. The van der Waals surface area contributed by atoms with Gasteiger partial charge in [-0.25, -0.2) is 9.36 Å². The number of anilines is 1. The van der Waals surface area contributed by atoms with Crippen molar-refractivity contribution < 1.29 is 14.1 Å². The van der Waals surface area contributed by atoms with E-state index >= 15 is 0 Å². The summed E-state index contributed by atoms with van der Waals surface area (Å²) in [7, 11) is 0. The first-order valence-corrected chi connectivity index (χ1v) is 9.44. The molecule has 0 saturated carbocycles. The predicted octanol–water partition coefficient (Wildman–Crippen LogP) is 2.14. The number of esters is 1. The molecule has 29 heavy (non-hydrogen) atoms. The maximum Gasteiger partial charge on any atom is 0.344 e. The van der Waals surface area contributed by atoms with E-state index in [1.165, 1.54) is 10.5 Å². The summed E-state index contributed by atoms with van der Waals surface area (Å²) in [5, 5.41) is 0.319. The third kappa shape index (κ3) is 3.42. The average molecular weight is 389 g/mol. The molecule has 3 aromatic heterocycles. The lowest BCUT2D eigenvalue weighted by Crippen LogP contribution is -2.42. The number of hydrogen-bond donors (Lipinski definition) is 1. The summed E-state index contributed by atoms with van der Waals surface area (Å²) in [6.45, 7) is 2.41. The van der Waals surface area contributed by atoms with Crippen LogP contribution in [0.5, 0.6) is 0 Å². The normalized spacial score (nSPS) is 11.1. The Morgan fingerprint density at radius 1 is 1.17 bits per heavy atom. The third-order valence-electron chi connectivity index (χ3n) is 4.82. The van der Waals surface area contributed by atoms with Gasteiger partial charge in [0.05, 0.1) is 13.2 Å². The van der Waals surface area contributed by atoms with E-state index in [2.05, 4.69) is 4.98 Å². The minimum Gasteiger partial charge on any atom is -0.462 e. The van der Waals surface area contributed by atoms with Gasteiger partial charge in [-0.15, -0.1) is 0 Å². The Bertz CT molecular complexity index is 1270. The number of carbonyl (C=O) groups is 1. The number of nitrogens with zero attached hydrogens (tertiary/aromatic N) is 3. The molecule has 4 aromatic rings. The van der Waals surface area contributed by atoms with Crippen molar-refractivity contribution in [1.29, 1.82) is 0 Å². The molecule has 146 valence electrons. The Hall–Kier alpha value is -3.74. The Balaban J connectivity index is 1.95. The fraction of sp³-hybridized carbons (Fsp3) is 0.182. The highest BCUT2D eigenvalue weighted by molar-refractivity contribution is 5.96. The molecule has 0 spiro atoms. The number of nitrogens with two attached hydrogens (primary N) is 1. The molecule has 0 atom stereocenters. The Morgan fingerprint density at radius 2 is 1.93 bits per heavy atom. The zero-order valence-electron chi connectivity index (χ0n) is 16.0. The second kappa shape index (κ2) is 7.71. The summed E-state index contributed by atoms with van der Waals surface area (Å²) in [5.41, 5.74) is 8.34. The quantitative estimate of drug-likeness (QED) is 0.321. The zero-order valence-corrected chi connectivity index (χ0v) is 16.0. The van der Waals surface area contributed by atoms with E-state index in [4.69, 9.17) is 10.5 Å². The van der Waals surface area contributed by atoms with Crippen LogP contribution in [-0.4, -0.2) is 22.0 Å². The standard InChI is InChI=1S/C22H20N4O3/c1-2-29-22(28)16-14-17-20(24-18-10-6-7-12-25(18)21(17)27)26(19(16)23)13-11-15-8-4-3-5-9-15/h3-10,12,14,23H,2,11,13H2,1H3/p+1. The van der Waals surface area contributed by atoms with Gasteiger partial charge in [0, 0.05) is 12.6 Å². The van der Waals surface area contributed by atoms with E-state index in [9.17, 15) is 9.59 Å². The SMILES string of the molecule is CCOC(=O)c1cc2c(=O)n3ccccc3nc2[n+](CCc2ccccc2)c1N. The first kappa shape index (κ1) is 18.6. The summed E-state index contributed by atoms with van der Waals surface area (Å²) < 4.78 is 8.32. The maximum absolute atomic E-state index is 13.1. The van der Waals surface area contributed by atoms with Crippen molar-refractivity contribution in [3.63, 3.8) is 0 Å². The van der Waals surface area contributed by atoms with E-state index in [1.54, 1.807) is 29.8 Å². The molecule has 0 unspecified atom stereocenters. The van der Waals surface area contributed by atoms with Crippen LogP contribution in [0.1, 0.15) is 22.8 Å². The van der Waals surface area contributed by atoms with Crippen LogP contribution in [-0.2, 0) is 17.7 Å². The van der Waals surface area contributed by atoms with Crippen LogP contribution in [0.2, 0.25) is 0 Å². The number of carbonyl (C=O) groups excluding carboxylic acids is 1. The largest absolute Gasteiger partial charge is 0.462 e. The Labute approximate surface area is 167 Å². The number of ether oxygens (including phenoxy) is 1. The topological polar surface area (TPSA) is 90.6 Å². The molecule has 1 aromatic carbocycles. The van der Waals surface area contributed by atoms with Crippen molar-refractivity contribution in [2.75, 3.05) is 12.3 Å². The highest BCUT2D eigenvalue weighted by Crippen LogP contribution is 2.16. The maximum atomic E-state index is 13.1. The van der Waals surface area contributed by atoms with Crippen LogP contribution < -0.4 is 15.9 Å². The van der Waals surface area contributed by atoms with Crippen LogP contribution in [0.4, 0.5) is 5.82 Å². The molecule has 2 N–H and O–H groups in total. The number of nitrogen functional groups attached to an aromatic ring is 1. The zero-order chi connectivity index (χ0) is 20.4. The van der Waals surface area contributed by atoms with Crippen molar-refractivity contribution in [2.24, 2.45) is 0 Å². The lowest BCUT2D eigenvalue weighted by Gasteiger charge is -2.12. The first-order chi connectivity index (χ1) is 14.1. The second-order valence-corrected chi connectivity index (χ2v) is 6.63. The van der Waals surface area contributed by atoms with Crippen LogP contribution in [0, 0.1) is 0 Å². The summed E-state index contributed by atoms with van der Waals surface area (Å²) in [6, 6.07) is 16.7. The molecular formula is C22H21N4O3+. The molecule has 7 nitrogen and oxygen atoms in total. The summed E-state index contributed by atoms with van der Waals surface area (Å²) in [4.78, 5) is 30.2. The van der Waals surface area contributed by atoms with Crippen molar-refractivity contribution in [3.05, 3.63) is 82.3 Å². The molecule has 0 radical (unpaired) electrons. The van der Waals surface area contributed by atoms with E-state index in [-0.39, 0.29) is 23.5 Å². The number of pyridine rings is 2. The van der Waals surface area contributed by atoms with Crippen LogP contribution in [0.25, 0.3) is 16.7 Å². The number of aryl methyl sites for hydroxylation is 2. The van der Waals surface area contributed by atoms with Gasteiger partial charge in [-0.3, -0.25) is 9.20 Å². The minimum atomic E-state index is -0.557. The van der Waals surface area contributed by atoms with Gasteiger partial charge >= 0.3 is 5.97 Å². The molecule has 0 aliphatic heterocycles. The van der Waals surface area contributed by atoms with E-state index in [0.29, 0.717) is 29.6 Å². The fourth-order valence-corrected chi connectivity index (χ4v) is 3.39. The molecule has 0 fully saturated rings. The van der Waals surface area contributed by atoms with Crippen LogP contribution >= 0.6 is 0 Å². The van der Waals surface area contributed by atoms with Gasteiger partial charge in [-0.2, -0.15) is 0 Å². The lowest BCUT2D eigenvalue weighted by molar-refractivity contribution is -0.658. The number of aromatic nitrogens is 3. The highest BCUT2D eigenvalue weighted by atomic mass is 16.5. The molecule has 0 amide bonds. The molecule has 0 saturated heterocycles. The number of rotatable bonds is 5. The van der Waals surface area contributed by atoms with Crippen LogP contribution in [0.15, 0.2) is 65.6 Å².